The highest BCUT2D eigenvalue weighted by Crippen LogP contribution is 1.94. The van der Waals surface area contributed by atoms with Gasteiger partial charge in [0.05, 0.1) is 39.6 Å². The van der Waals surface area contributed by atoms with Crippen LogP contribution in [0, 0.1) is 0 Å². The molecule has 1 aliphatic heterocycles. The zero-order valence-corrected chi connectivity index (χ0v) is 12.6. The minimum absolute atomic E-state index is 0.153. The van der Waals surface area contributed by atoms with Crippen molar-refractivity contribution in [1.82, 2.24) is 10.2 Å². The van der Waals surface area contributed by atoms with Crippen LogP contribution < -0.4 is 5.32 Å². The number of piperazine rings is 1. The lowest BCUT2D eigenvalue weighted by Gasteiger charge is -2.27. The van der Waals surface area contributed by atoms with Gasteiger partial charge in [-0.05, 0) is 6.42 Å². The molecule has 1 amide bonds. The summed E-state index contributed by atoms with van der Waals surface area (Å²) in [6.07, 6.45) is 2.26. The molecule has 0 aromatic heterocycles. The molecule has 0 bridgehead atoms. The zero-order valence-electron chi connectivity index (χ0n) is 12.6. The number of nitrogens with one attached hydrogen (secondary N) is 1. The first-order chi connectivity index (χ1) is 9.84. The van der Waals surface area contributed by atoms with E-state index < -0.39 is 0 Å². The molecule has 6 heteroatoms. The summed E-state index contributed by atoms with van der Waals surface area (Å²) < 4.78 is 16.2. The second kappa shape index (κ2) is 12.1. The maximum absolute atomic E-state index is 11.5. The van der Waals surface area contributed by atoms with E-state index in [2.05, 4.69) is 12.2 Å². The van der Waals surface area contributed by atoms with Crippen LogP contribution in [-0.2, 0) is 19.0 Å². The second-order valence-corrected chi connectivity index (χ2v) is 4.75. The molecule has 0 atom stereocenters. The van der Waals surface area contributed by atoms with E-state index in [1.807, 2.05) is 4.90 Å². The standard InChI is InChI=1S/C14H28N2O4/c1-2-3-7-18-9-11-20-12-10-19-8-6-16-5-4-15-13-14(16)17/h15H,2-13H2,1H3. The van der Waals surface area contributed by atoms with Gasteiger partial charge in [-0.25, -0.2) is 0 Å². The minimum Gasteiger partial charge on any atom is -0.379 e. The minimum atomic E-state index is 0.153. The summed E-state index contributed by atoms with van der Waals surface area (Å²) in [5, 5.41) is 3.04. The van der Waals surface area contributed by atoms with Crippen LogP contribution in [-0.4, -0.2) is 76.6 Å². The Hall–Kier alpha value is -0.690. The highest BCUT2D eigenvalue weighted by atomic mass is 16.5. The van der Waals surface area contributed by atoms with Crippen LogP contribution in [0.15, 0.2) is 0 Å². The Balaban J connectivity index is 1.79. The van der Waals surface area contributed by atoms with Crippen LogP contribution in [0.3, 0.4) is 0 Å². The Morgan fingerprint density at radius 3 is 2.35 bits per heavy atom. The van der Waals surface area contributed by atoms with Crippen LogP contribution in [0.2, 0.25) is 0 Å². The Labute approximate surface area is 121 Å². The topological polar surface area (TPSA) is 60.0 Å². The second-order valence-electron chi connectivity index (χ2n) is 4.75. The average Bonchev–Trinajstić information content (AvgIpc) is 2.46. The summed E-state index contributed by atoms with van der Waals surface area (Å²) in [7, 11) is 0. The molecular formula is C14H28N2O4. The number of rotatable bonds is 12. The molecule has 0 aliphatic carbocycles. The third-order valence-electron chi connectivity index (χ3n) is 3.08. The van der Waals surface area contributed by atoms with Gasteiger partial charge < -0.3 is 24.4 Å². The first-order valence-electron chi connectivity index (χ1n) is 7.56. The lowest BCUT2D eigenvalue weighted by molar-refractivity contribution is -0.132. The summed E-state index contributed by atoms with van der Waals surface area (Å²) in [6.45, 7) is 8.69. The molecule has 0 unspecified atom stereocenters. The molecule has 0 radical (unpaired) electrons. The number of carbonyl (C=O) groups excluding carboxylic acids is 1. The summed E-state index contributed by atoms with van der Waals surface area (Å²) >= 11 is 0. The highest BCUT2D eigenvalue weighted by Gasteiger charge is 2.16. The zero-order chi connectivity index (χ0) is 14.5. The quantitative estimate of drug-likeness (QED) is 0.522. The number of hydrogen-bond acceptors (Lipinski definition) is 5. The van der Waals surface area contributed by atoms with Gasteiger partial charge in [-0.3, -0.25) is 4.79 Å². The highest BCUT2D eigenvalue weighted by molar-refractivity contribution is 5.78. The van der Waals surface area contributed by atoms with Crippen LogP contribution >= 0.6 is 0 Å². The fourth-order valence-electron chi connectivity index (χ4n) is 1.85. The van der Waals surface area contributed by atoms with Gasteiger partial charge in [0, 0.05) is 26.2 Å². The summed E-state index contributed by atoms with van der Waals surface area (Å²) in [4.78, 5) is 13.3. The molecule has 1 aliphatic rings. The number of hydrogen-bond donors (Lipinski definition) is 1. The number of ether oxygens (including phenoxy) is 3. The third-order valence-corrected chi connectivity index (χ3v) is 3.08. The SMILES string of the molecule is CCCCOCCOCCOCCN1CCNCC1=O. The van der Waals surface area contributed by atoms with E-state index >= 15 is 0 Å². The molecular weight excluding hydrogens is 260 g/mol. The van der Waals surface area contributed by atoms with Gasteiger partial charge in [0.2, 0.25) is 5.91 Å². The molecule has 1 heterocycles. The van der Waals surface area contributed by atoms with Gasteiger partial charge in [-0.15, -0.1) is 0 Å². The van der Waals surface area contributed by atoms with Crippen molar-refractivity contribution in [3.05, 3.63) is 0 Å². The van der Waals surface area contributed by atoms with Crippen LogP contribution in [0.25, 0.3) is 0 Å². The van der Waals surface area contributed by atoms with Gasteiger partial charge in [0.1, 0.15) is 0 Å². The largest absolute Gasteiger partial charge is 0.379 e. The molecule has 20 heavy (non-hydrogen) atoms. The molecule has 0 saturated carbocycles. The molecule has 1 fully saturated rings. The third kappa shape index (κ3) is 8.47. The van der Waals surface area contributed by atoms with Crippen molar-refractivity contribution >= 4 is 5.91 Å². The van der Waals surface area contributed by atoms with Crippen molar-refractivity contribution in [2.24, 2.45) is 0 Å². The van der Waals surface area contributed by atoms with Gasteiger partial charge in [-0.2, -0.15) is 0 Å². The monoisotopic (exact) mass is 288 g/mol. The predicted octanol–water partition coefficient (Wildman–Crippen LogP) is 0.268. The lowest BCUT2D eigenvalue weighted by atomic mass is 10.3. The summed E-state index contributed by atoms with van der Waals surface area (Å²) in [6, 6.07) is 0. The van der Waals surface area contributed by atoms with Crippen molar-refractivity contribution in [3.63, 3.8) is 0 Å². The summed E-state index contributed by atoms with van der Waals surface area (Å²) in [5.74, 6) is 0.153. The normalized spacial score (nSPS) is 15.8. The lowest BCUT2D eigenvalue weighted by Crippen LogP contribution is -2.49. The fourth-order valence-corrected chi connectivity index (χ4v) is 1.85. The number of nitrogens with zero attached hydrogens (tertiary/aromatic N) is 1. The van der Waals surface area contributed by atoms with Crippen molar-refractivity contribution in [3.8, 4) is 0 Å². The van der Waals surface area contributed by atoms with E-state index in [9.17, 15) is 4.79 Å². The number of amides is 1. The van der Waals surface area contributed by atoms with E-state index in [1.54, 1.807) is 0 Å². The van der Waals surface area contributed by atoms with Gasteiger partial charge >= 0.3 is 0 Å². The molecule has 1 N–H and O–H groups in total. The van der Waals surface area contributed by atoms with E-state index in [1.165, 1.54) is 0 Å². The number of carbonyl (C=O) groups is 1. The summed E-state index contributed by atoms with van der Waals surface area (Å²) in [5.41, 5.74) is 0. The van der Waals surface area contributed by atoms with E-state index in [-0.39, 0.29) is 5.91 Å². The molecule has 0 aromatic rings. The maximum atomic E-state index is 11.5. The Morgan fingerprint density at radius 2 is 1.70 bits per heavy atom. The van der Waals surface area contributed by atoms with E-state index in [0.717, 1.165) is 32.5 Å². The number of unbranched alkanes of at least 4 members (excludes halogenated alkanes) is 1. The van der Waals surface area contributed by atoms with Gasteiger partial charge in [0.25, 0.3) is 0 Å². The molecule has 118 valence electrons. The average molecular weight is 288 g/mol. The van der Waals surface area contributed by atoms with Crippen LogP contribution in [0.5, 0.6) is 0 Å². The van der Waals surface area contributed by atoms with E-state index in [4.69, 9.17) is 14.2 Å². The van der Waals surface area contributed by atoms with Gasteiger partial charge in [0.15, 0.2) is 0 Å². The molecule has 1 saturated heterocycles. The smallest absolute Gasteiger partial charge is 0.236 e. The van der Waals surface area contributed by atoms with Crippen molar-refractivity contribution < 1.29 is 19.0 Å². The molecule has 0 spiro atoms. The van der Waals surface area contributed by atoms with Crippen molar-refractivity contribution in [1.29, 1.82) is 0 Å². The van der Waals surface area contributed by atoms with Crippen molar-refractivity contribution in [2.45, 2.75) is 19.8 Å². The fraction of sp³-hybridized carbons (Fsp3) is 0.929. The van der Waals surface area contributed by atoms with E-state index in [0.29, 0.717) is 46.1 Å². The van der Waals surface area contributed by atoms with Crippen LogP contribution in [0.1, 0.15) is 19.8 Å². The molecule has 1 rings (SSSR count). The predicted molar refractivity (Wildman–Crippen MR) is 76.8 cm³/mol. The van der Waals surface area contributed by atoms with Crippen molar-refractivity contribution in [2.75, 3.05) is 65.8 Å². The van der Waals surface area contributed by atoms with Gasteiger partial charge in [-0.1, -0.05) is 13.3 Å². The Bertz CT molecular complexity index is 251. The Kier molecular flexibility index (Phi) is 10.5. The van der Waals surface area contributed by atoms with Crippen LogP contribution in [0.4, 0.5) is 0 Å². The first-order valence-corrected chi connectivity index (χ1v) is 7.56. The molecule has 0 aromatic carbocycles. The maximum Gasteiger partial charge on any atom is 0.236 e. The molecule has 6 nitrogen and oxygen atoms in total. The first kappa shape index (κ1) is 17.4. The Morgan fingerprint density at radius 1 is 1.05 bits per heavy atom.